The van der Waals surface area contributed by atoms with Gasteiger partial charge in [0.15, 0.2) is 5.96 Å². The van der Waals surface area contributed by atoms with E-state index in [9.17, 15) is 5.26 Å². The van der Waals surface area contributed by atoms with E-state index in [0.717, 1.165) is 29.5 Å². The Labute approximate surface area is 186 Å². The molecule has 0 aliphatic rings. The number of nitrogens with two attached hydrogens (primary N) is 1. The van der Waals surface area contributed by atoms with Gasteiger partial charge in [-0.25, -0.2) is 0 Å². The van der Waals surface area contributed by atoms with Gasteiger partial charge in [0.1, 0.15) is 12.4 Å². The highest BCUT2D eigenvalue weighted by Crippen LogP contribution is 2.20. The van der Waals surface area contributed by atoms with Crippen LogP contribution in [0.25, 0.3) is 0 Å². The maximum absolute atomic E-state index is 9.21. The predicted molar refractivity (Wildman–Crippen MR) is 128 cm³/mol. The highest BCUT2D eigenvalue weighted by molar-refractivity contribution is 5.94. The Morgan fingerprint density at radius 3 is 2.45 bits per heavy atom. The highest BCUT2D eigenvalue weighted by atomic mass is 16.5. The standard InChI is InChI=1S/C25H35N5O/c1-6-30(19(2)3)24(28-18-25(4,5)17-27)29-22-11-13-23(14-12-22)31-16-21-10-8-7-9-20(21)15-26/h7-14,19H,6,16-18,27H2,1-5H3,(H,28,29). The minimum Gasteiger partial charge on any atom is -0.489 e. The van der Waals surface area contributed by atoms with Crippen LogP contribution in [0.2, 0.25) is 0 Å². The number of nitriles is 1. The van der Waals surface area contributed by atoms with E-state index in [0.29, 0.717) is 31.3 Å². The van der Waals surface area contributed by atoms with Crippen molar-refractivity contribution >= 4 is 11.6 Å². The quantitative estimate of drug-likeness (QED) is 0.456. The van der Waals surface area contributed by atoms with E-state index in [4.69, 9.17) is 15.5 Å². The lowest BCUT2D eigenvalue weighted by molar-refractivity contribution is 0.306. The molecule has 6 nitrogen and oxygen atoms in total. The molecule has 0 aliphatic carbocycles. The van der Waals surface area contributed by atoms with Crippen molar-refractivity contribution < 1.29 is 4.74 Å². The van der Waals surface area contributed by atoms with Gasteiger partial charge in [0.2, 0.25) is 0 Å². The summed E-state index contributed by atoms with van der Waals surface area (Å²) in [6, 6.07) is 17.8. The van der Waals surface area contributed by atoms with Gasteiger partial charge in [-0.15, -0.1) is 0 Å². The zero-order chi connectivity index (χ0) is 22.9. The minimum absolute atomic E-state index is 0.0548. The van der Waals surface area contributed by atoms with Gasteiger partial charge in [-0.05, 0) is 63.1 Å². The van der Waals surface area contributed by atoms with Crippen molar-refractivity contribution in [3.63, 3.8) is 0 Å². The molecule has 166 valence electrons. The third-order valence-corrected chi connectivity index (χ3v) is 5.09. The van der Waals surface area contributed by atoms with Crippen LogP contribution < -0.4 is 15.8 Å². The molecule has 31 heavy (non-hydrogen) atoms. The number of benzene rings is 2. The summed E-state index contributed by atoms with van der Waals surface area (Å²) in [5.74, 6) is 1.59. The number of rotatable bonds is 9. The molecule has 2 aromatic carbocycles. The van der Waals surface area contributed by atoms with Crippen LogP contribution in [0.4, 0.5) is 5.69 Å². The minimum atomic E-state index is -0.0548. The zero-order valence-corrected chi connectivity index (χ0v) is 19.4. The first-order valence-electron chi connectivity index (χ1n) is 10.8. The predicted octanol–water partition coefficient (Wildman–Crippen LogP) is 4.62. The average Bonchev–Trinajstić information content (AvgIpc) is 2.77. The number of nitrogens with one attached hydrogen (secondary N) is 1. The molecule has 0 heterocycles. The molecule has 2 aromatic rings. The van der Waals surface area contributed by atoms with Crippen LogP contribution in [0.15, 0.2) is 53.5 Å². The molecule has 0 aromatic heterocycles. The molecule has 0 atom stereocenters. The number of anilines is 1. The Morgan fingerprint density at radius 1 is 1.19 bits per heavy atom. The van der Waals surface area contributed by atoms with Crippen molar-refractivity contribution in [1.82, 2.24) is 4.90 Å². The van der Waals surface area contributed by atoms with Gasteiger partial charge >= 0.3 is 0 Å². The number of hydrogen-bond acceptors (Lipinski definition) is 4. The number of guanidine groups is 1. The van der Waals surface area contributed by atoms with E-state index < -0.39 is 0 Å². The zero-order valence-electron chi connectivity index (χ0n) is 19.4. The molecule has 3 N–H and O–H groups in total. The monoisotopic (exact) mass is 421 g/mol. The Hall–Kier alpha value is -3.04. The maximum atomic E-state index is 9.21. The molecule has 0 spiro atoms. The molecular formula is C25H35N5O. The smallest absolute Gasteiger partial charge is 0.198 e. The molecule has 0 aliphatic heterocycles. The van der Waals surface area contributed by atoms with E-state index in [1.54, 1.807) is 6.07 Å². The number of nitrogens with zero attached hydrogens (tertiary/aromatic N) is 3. The van der Waals surface area contributed by atoms with E-state index in [-0.39, 0.29) is 5.41 Å². The van der Waals surface area contributed by atoms with E-state index in [1.807, 2.05) is 42.5 Å². The average molecular weight is 422 g/mol. The fourth-order valence-corrected chi connectivity index (χ4v) is 3.00. The van der Waals surface area contributed by atoms with Gasteiger partial charge in [0.25, 0.3) is 0 Å². The molecule has 2 rings (SSSR count). The van der Waals surface area contributed by atoms with Crippen LogP contribution in [-0.2, 0) is 6.61 Å². The second-order valence-corrected chi connectivity index (χ2v) is 8.59. The number of ether oxygens (including phenoxy) is 1. The normalized spacial score (nSPS) is 11.9. The summed E-state index contributed by atoms with van der Waals surface area (Å²) < 4.78 is 5.87. The lowest BCUT2D eigenvalue weighted by atomic mass is 9.94. The van der Waals surface area contributed by atoms with E-state index in [1.165, 1.54) is 0 Å². The first kappa shape index (κ1) is 24.2. The summed E-state index contributed by atoms with van der Waals surface area (Å²) in [4.78, 5) is 7.09. The molecular weight excluding hydrogens is 386 g/mol. The van der Waals surface area contributed by atoms with Gasteiger partial charge in [0, 0.05) is 30.4 Å². The number of aliphatic imine (C=N–C) groups is 1. The summed E-state index contributed by atoms with van der Waals surface area (Å²) in [5.41, 5.74) is 8.28. The summed E-state index contributed by atoms with van der Waals surface area (Å²) in [7, 11) is 0. The van der Waals surface area contributed by atoms with Crippen LogP contribution in [-0.4, -0.2) is 36.5 Å². The SMILES string of the molecule is CCN(C(=NCC(C)(C)CN)Nc1ccc(OCc2ccccc2C#N)cc1)C(C)C. The fraction of sp³-hybridized carbons (Fsp3) is 0.440. The molecule has 0 saturated heterocycles. The molecule has 6 heteroatoms. The summed E-state index contributed by atoms with van der Waals surface area (Å²) >= 11 is 0. The second kappa shape index (κ2) is 11.4. The third kappa shape index (κ3) is 7.30. The van der Waals surface area contributed by atoms with Gasteiger partial charge in [-0.3, -0.25) is 4.99 Å². The third-order valence-electron chi connectivity index (χ3n) is 5.09. The van der Waals surface area contributed by atoms with Crippen LogP contribution in [0.5, 0.6) is 5.75 Å². The second-order valence-electron chi connectivity index (χ2n) is 8.59. The lowest BCUT2D eigenvalue weighted by Crippen LogP contribution is -2.42. The fourth-order valence-electron chi connectivity index (χ4n) is 3.00. The summed E-state index contributed by atoms with van der Waals surface area (Å²) in [6.45, 7) is 13.1. The van der Waals surface area contributed by atoms with Crippen LogP contribution >= 0.6 is 0 Å². The topological polar surface area (TPSA) is 86.7 Å². The van der Waals surface area contributed by atoms with Crippen LogP contribution in [0.3, 0.4) is 0 Å². The van der Waals surface area contributed by atoms with Crippen LogP contribution in [0, 0.1) is 16.7 Å². The molecule has 0 fully saturated rings. The lowest BCUT2D eigenvalue weighted by Gasteiger charge is -2.30. The first-order valence-corrected chi connectivity index (χ1v) is 10.8. The van der Waals surface area contributed by atoms with Crippen molar-refractivity contribution in [2.45, 2.75) is 47.3 Å². The Morgan fingerprint density at radius 2 is 1.87 bits per heavy atom. The van der Waals surface area contributed by atoms with Gasteiger partial charge in [0.05, 0.1) is 11.6 Å². The number of hydrogen-bond donors (Lipinski definition) is 2. The van der Waals surface area contributed by atoms with Gasteiger partial charge < -0.3 is 20.7 Å². The van der Waals surface area contributed by atoms with Crippen molar-refractivity contribution in [3.05, 3.63) is 59.7 Å². The summed E-state index contributed by atoms with van der Waals surface area (Å²) in [5, 5.41) is 12.7. The molecule has 0 amide bonds. The molecule has 0 bridgehead atoms. The molecule has 0 saturated carbocycles. The van der Waals surface area contributed by atoms with E-state index >= 15 is 0 Å². The first-order chi connectivity index (χ1) is 14.8. The van der Waals surface area contributed by atoms with Crippen molar-refractivity contribution in [1.29, 1.82) is 5.26 Å². The Kier molecular flexibility index (Phi) is 8.89. The summed E-state index contributed by atoms with van der Waals surface area (Å²) in [6.07, 6.45) is 0. The van der Waals surface area contributed by atoms with Crippen molar-refractivity contribution in [3.8, 4) is 11.8 Å². The van der Waals surface area contributed by atoms with Gasteiger partial charge in [-0.1, -0.05) is 32.0 Å². The van der Waals surface area contributed by atoms with Crippen molar-refractivity contribution in [2.24, 2.45) is 16.1 Å². The maximum Gasteiger partial charge on any atom is 0.198 e. The Balaban J connectivity index is 2.11. The molecule has 0 radical (unpaired) electrons. The van der Waals surface area contributed by atoms with Gasteiger partial charge in [-0.2, -0.15) is 5.26 Å². The highest BCUT2D eigenvalue weighted by Gasteiger charge is 2.18. The van der Waals surface area contributed by atoms with E-state index in [2.05, 4.69) is 50.9 Å². The Bertz CT molecular complexity index is 897. The van der Waals surface area contributed by atoms with Crippen LogP contribution in [0.1, 0.15) is 45.7 Å². The largest absolute Gasteiger partial charge is 0.489 e. The molecule has 0 unspecified atom stereocenters. The van der Waals surface area contributed by atoms with Crippen molar-refractivity contribution in [2.75, 3.05) is 25.0 Å².